The fourth-order valence-corrected chi connectivity index (χ4v) is 2.62. The zero-order valence-corrected chi connectivity index (χ0v) is 11.9. The molecule has 2 rings (SSSR count). The number of hydrogen-bond acceptors (Lipinski definition) is 2. The second kappa shape index (κ2) is 6.99. The van der Waals surface area contributed by atoms with Crippen LogP contribution < -0.4 is 0 Å². The summed E-state index contributed by atoms with van der Waals surface area (Å²) in [5, 5.41) is 0. The normalized spacial score (nSPS) is 17.1. The van der Waals surface area contributed by atoms with Crippen molar-refractivity contribution >= 4 is 17.5 Å². The maximum atomic E-state index is 13.6. The molecule has 0 aromatic heterocycles. The number of nitrogens with zero attached hydrogens (tertiary/aromatic N) is 2. The fourth-order valence-electron chi connectivity index (χ4n) is 2.38. The van der Waals surface area contributed by atoms with Gasteiger partial charge >= 0.3 is 0 Å². The first-order chi connectivity index (χ1) is 9.63. The van der Waals surface area contributed by atoms with E-state index >= 15 is 0 Å². The van der Waals surface area contributed by atoms with E-state index in [1.165, 1.54) is 11.0 Å². The molecular weight excluding hydrogens is 286 g/mol. The molecule has 0 N–H and O–H groups in total. The molecule has 1 fully saturated rings. The van der Waals surface area contributed by atoms with Crippen LogP contribution in [0.3, 0.4) is 0 Å². The summed E-state index contributed by atoms with van der Waals surface area (Å²) in [5.74, 6) is -1.65. The Morgan fingerprint density at radius 3 is 2.50 bits per heavy atom. The van der Waals surface area contributed by atoms with Gasteiger partial charge in [-0.3, -0.25) is 4.79 Å². The molecule has 1 aromatic carbocycles. The van der Waals surface area contributed by atoms with E-state index in [0.717, 1.165) is 31.6 Å². The Kier molecular flexibility index (Phi) is 5.31. The van der Waals surface area contributed by atoms with Crippen molar-refractivity contribution in [3.8, 4) is 0 Å². The zero-order valence-electron chi connectivity index (χ0n) is 11.1. The maximum absolute atomic E-state index is 13.6. The highest BCUT2D eigenvalue weighted by atomic mass is 35.5. The highest BCUT2D eigenvalue weighted by Gasteiger charge is 2.24. The molecule has 1 aliphatic rings. The Bertz CT molecular complexity index is 464. The second-order valence-electron chi connectivity index (χ2n) is 4.77. The molecule has 110 valence electrons. The van der Waals surface area contributed by atoms with Gasteiger partial charge in [0.2, 0.25) is 0 Å². The molecule has 0 unspecified atom stereocenters. The summed E-state index contributed by atoms with van der Waals surface area (Å²) in [4.78, 5) is 15.9. The summed E-state index contributed by atoms with van der Waals surface area (Å²) in [7, 11) is 0. The number of carbonyl (C=O) groups excluding carboxylic acids is 1. The predicted molar refractivity (Wildman–Crippen MR) is 74.0 cm³/mol. The standard InChI is InChI=1S/C14H17ClF2N2O/c15-5-8-18-6-2-7-19(10-9-18)14(20)13-11(16)3-1-4-12(13)17/h1,3-4H,2,5-10H2. The third kappa shape index (κ3) is 3.46. The molecule has 0 saturated carbocycles. The van der Waals surface area contributed by atoms with Crippen LogP contribution >= 0.6 is 11.6 Å². The minimum atomic E-state index is -0.808. The lowest BCUT2D eigenvalue weighted by molar-refractivity contribution is 0.0752. The lowest BCUT2D eigenvalue weighted by Gasteiger charge is -2.22. The lowest BCUT2D eigenvalue weighted by Crippen LogP contribution is -2.36. The van der Waals surface area contributed by atoms with Gasteiger partial charge in [0.15, 0.2) is 0 Å². The first-order valence-electron chi connectivity index (χ1n) is 6.65. The van der Waals surface area contributed by atoms with Gasteiger partial charge < -0.3 is 9.80 Å². The fraction of sp³-hybridized carbons (Fsp3) is 0.500. The first kappa shape index (κ1) is 15.2. The third-order valence-electron chi connectivity index (χ3n) is 3.45. The van der Waals surface area contributed by atoms with Gasteiger partial charge in [0.1, 0.15) is 17.2 Å². The second-order valence-corrected chi connectivity index (χ2v) is 5.15. The Balaban J connectivity index is 2.10. The number of benzene rings is 1. The summed E-state index contributed by atoms with van der Waals surface area (Å²) in [6, 6.07) is 3.47. The van der Waals surface area contributed by atoms with Crippen LogP contribution in [0.5, 0.6) is 0 Å². The molecule has 0 atom stereocenters. The first-order valence-corrected chi connectivity index (χ1v) is 7.18. The van der Waals surface area contributed by atoms with Crippen LogP contribution in [0.1, 0.15) is 16.8 Å². The van der Waals surface area contributed by atoms with Crippen LogP contribution in [0.15, 0.2) is 18.2 Å². The topological polar surface area (TPSA) is 23.6 Å². The minimum Gasteiger partial charge on any atom is -0.337 e. The molecule has 0 radical (unpaired) electrons. The molecule has 1 saturated heterocycles. The van der Waals surface area contributed by atoms with Crippen LogP contribution in [-0.2, 0) is 0 Å². The van der Waals surface area contributed by atoms with Crippen molar-refractivity contribution in [3.05, 3.63) is 35.4 Å². The highest BCUT2D eigenvalue weighted by Crippen LogP contribution is 2.16. The van der Waals surface area contributed by atoms with Crippen LogP contribution in [0.2, 0.25) is 0 Å². The molecule has 1 heterocycles. The van der Waals surface area contributed by atoms with Crippen molar-refractivity contribution in [3.63, 3.8) is 0 Å². The summed E-state index contributed by atoms with van der Waals surface area (Å²) < 4.78 is 27.3. The van der Waals surface area contributed by atoms with Crippen LogP contribution in [-0.4, -0.2) is 54.3 Å². The van der Waals surface area contributed by atoms with Gasteiger partial charge in [-0.15, -0.1) is 11.6 Å². The van der Waals surface area contributed by atoms with Gasteiger partial charge in [-0.2, -0.15) is 0 Å². The molecular formula is C14H17ClF2N2O. The van der Waals surface area contributed by atoms with Crippen LogP contribution in [0.4, 0.5) is 8.78 Å². The summed E-state index contributed by atoms with van der Waals surface area (Å²) >= 11 is 5.70. The molecule has 0 spiro atoms. The van der Waals surface area contributed by atoms with E-state index in [1.54, 1.807) is 0 Å². The van der Waals surface area contributed by atoms with Crippen molar-refractivity contribution in [1.29, 1.82) is 0 Å². The van der Waals surface area contributed by atoms with E-state index in [1.807, 2.05) is 0 Å². The average Bonchev–Trinajstić information content (AvgIpc) is 2.64. The molecule has 0 aliphatic carbocycles. The molecule has 0 bridgehead atoms. The monoisotopic (exact) mass is 302 g/mol. The smallest absolute Gasteiger partial charge is 0.259 e. The SMILES string of the molecule is O=C(c1c(F)cccc1F)N1CCCN(CCCl)CC1. The molecule has 6 heteroatoms. The van der Waals surface area contributed by atoms with Gasteiger partial charge in [0.05, 0.1) is 0 Å². The van der Waals surface area contributed by atoms with Crippen LogP contribution in [0.25, 0.3) is 0 Å². The van der Waals surface area contributed by atoms with E-state index < -0.39 is 23.1 Å². The van der Waals surface area contributed by atoms with Crippen molar-refractivity contribution in [2.75, 3.05) is 38.6 Å². The molecule has 1 aromatic rings. The van der Waals surface area contributed by atoms with Crippen molar-refractivity contribution < 1.29 is 13.6 Å². The largest absolute Gasteiger partial charge is 0.337 e. The Hall–Kier alpha value is -1.20. The Morgan fingerprint density at radius 1 is 1.15 bits per heavy atom. The average molecular weight is 303 g/mol. The Morgan fingerprint density at radius 2 is 1.85 bits per heavy atom. The van der Waals surface area contributed by atoms with Gasteiger partial charge in [-0.25, -0.2) is 8.78 Å². The van der Waals surface area contributed by atoms with E-state index in [2.05, 4.69) is 4.90 Å². The van der Waals surface area contributed by atoms with Crippen molar-refractivity contribution in [2.24, 2.45) is 0 Å². The molecule has 3 nitrogen and oxygen atoms in total. The molecule has 20 heavy (non-hydrogen) atoms. The molecule has 1 amide bonds. The zero-order chi connectivity index (χ0) is 14.5. The van der Waals surface area contributed by atoms with E-state index in [4.69, 9.17) is 11.6 Å². The third-order valence-corrected chi connectivity index (χ3v) is 3.62. The molecule has 1 aliphatic heterocycles. The van der Waals surface area contributed by atoms with Gasteiger partial charge in [-0.1, -0.05) is 6.07 Å². The lowest BCUT2D eigenvalue weighted by atomic mass is 10.1. The highest BCUT2D eigenvalue weighted by molar-refractivity contribution is 6.18. The summed E-state index contributed by atoms with van der Waals surface area (Å²) in [6.45, 7) is 3.25. The summed E-state index contributed by atoms with van der Waals surface area (Å²) in [6.07, 6.45) is 0.776. The number of carbonyl (C=O) groups is 1. The van der Waals surface area contributed by atoms with Gasteiger partial charge in [0.25, 0.3) is 5.91 Å². The van der Waals surface area contributed by atoms with E-state index in [9.17, 15) is 13.6 Å². The quantitative estimate of drug-likeness (QED) is 0.800. The van der Waals surface area contributed by atoms with Crippen LogP contribution in [0, 0.1) is 11.6 Å². The van der Waals surface area contributed by atoms with E-state index in [0.29, 0.717) is 25.5 Å². The van der Waals surface area contributed by atoms with E-state index in [-0.39, 0.29) is 0 Å². The number of halogens is 3. The number of amides is 1. The predicted octanol–water partition coefficient (Wildman–Crippen LogP) is 2.35. The number of alkyl halides is 1. The minimum absolute atomic E-state index is 0.460. The van der Waals surface area contributed by atoms with Crippen molar-refractivity contribution in [1.82, 2.24) is 9.80 Å². The van der Waals surface area contributed by atoms with Gasteiger partial charge in [0, 0.05) is 32.1 Å². The number of rotatable bonds is 3. The maximum Gasteiger partial charge on any atom is 0.259 e. The summed E-state index contributed by atoms with van der Waals surface area (Å²) in [5.41, 5.74) is -0.460. The van der Waals surface area contributed by atoms with Gasteiger partial charge in [-0.05, 0) is 25.1 Å². The van der Waals surface area contributed by atoms with Crippen molar-refractivity contribution in [2.45, 2.75) is 6.42 Å². The number of hydrogen-bond donors (Lipinski definition) is 0. The Labute approximate surface area is 122 Å².